The quantitative estimate of drug-likeness (QED) is 0.346. The molecular formula is C33H41ClFN7O. The molecule has 8 nitrogen and oxygen atoms in total. The second kappa shape index (κ2) is 12.4. The smallest absolute Gasteiger partial charge is 0.318 e. The van der Waals surface area contributed by atoms with Crippen molar-refractivity contribution in [3.05, 3.63) is 51.9 Å². The third kappa shape index (κ3) is 5.85. The number of benzene rings is 2. The number of nitriles is 1. The number of likely N-dealkylation sites (tertiary alicyclic amines) is 1. The van der Waals surface area contributed by atoms with Crippen LogP contribution < -0.4 is 14.5 Å². The summed E-state index contributed by atoms with van der Waals surface area (Å²) in [6.07, 6.45) is 3.50. The SMILES string of the molecule is Cc1cc2cccc(N3CCc4c(nc(OC[C@@H]5CCCN5C(C)C)nc4N4CCN(C)[C@@H](CC#N)C4)C3)c2c(Cl)c1F. The van der Waals surface area contributed by atoms with Crippen LogP contribution in [0.2, 0.25) is 5.02 Å². The molecule has 43 heavy (non-hydrogen) atoms. The van der Waals surface area contributed by atoms with Gasteiger partial charge in [0.15, 0.2) is 0 Å². The number of anilines is 2. The Morgan fingerprint density at radius 2 is 1.98 bits per heavy atom. The minimum Gasteiger partial charge on any atom is -0.462 e. The molecule has 0 bridgehead atoms. The first-order valence-corrected chi connectivity index (χ1v) is 15.9. The fourth-order valence-electron chi connectivity index (χ4n) is 7.03. The lowest BCUT2D eigenvalue weighted by atomic mass is 10.0. The first-order chi connectivity index (χ1) is 20.7. The third-order valence-electron chi connectivity index (χ3n) is 9.46. The molecule has 0 unspecified atom stereocenters. The van der Waals surface area contributed by atoms with E-state index in [-0.39, 0.29) is 16.9 Å². The highest BCUT2D eigenvalue weighted by atomic mass is 35.5. The van der Waals surface area contributed by atoms with E-state index in [1.165, 1.54) is 6.42 Å². The van der Waals surface area contributed by atoms with Crippen molar-refractivity contribution < 1.29 is 9.13 Å². The molecule has 0 spiro atoms. The third-order valence-corrected chi connectivity index (χ3v) is 9.82. The van der Waals surface area contributed by atoms with Gasteiger partial charge in [-0.2, -0.15) is 15.2 Å². The summed E-state index contributed by atoms with van der Waals surface area (Å²) in [6, 6.07) is 11.6. The minimum atomic E-state index is -0.372. The van der Waals surface area contributed by atoms with Gasteiger partial charge in [-0.05, 0) is 76.7 Å². The molecule has 0 aliphatic carbocycles. The van der Waals surface area contributed by atoms with Gasteiger partial charge < -0.3 is 14.5 Å². The van der Waals surface area contributed by atoms with Crippen LogP contribution in [0.5, 0.6) is 6.01 Å². The normalized spacial score (nSPS) is 21.4. The second-order valence-corrected chi connectivity index (χ2v) is 12.9. The molecule has 0 N–H and O–H groups in total. The lowest BCUT2D eigenvalue weighted by Crippen LogP contribution is -2.52. The number of aryl methyl sites for hydroxylation is 1. The Balaban J connectivity index is 1.35. The van der Waals surface area contributed by atoms with Gasteiger partial charge in [-0.15, -0.1) is 0 Å². The molecule has 3 aliphatic heterocycles. The maximum atomic E-state index is 14.9. The van der Waals surface area contributed by atoms with Crippen molar-refractivity contribution in [2.24, 2.45) is 0 Å². The van der Waals surface area contributed by atoms with Crippen LogP contribution in [-0.2, 0) is 13.0 Å². The average Bonchev–Trinajstić information content (AvgIpc) is 3.48. The van der Waals surface area contributed by atoms with Crippen molar-refractivity contribution in [2.75, 3.05) is 56.2 Å². The highest BCUT2D eigenvalue weighted by Gasteiger charge is 2.32. The molecular weight excluding hydrogens is 565 g/mol. The summed E-state index contributed by atoms with van der Waals surface area (Å²) < 4.78 is 21.3. The van der Waals surface area contributed by atoms with Crippen LogP contribution in [0, 0.1) is 24.1 Å². The largest absolute Gasteiger partial charge is 0.462 e. The van der Waals surface area contributed by atoms with Gasteiger partial charge in [0.25, 0.3) is 0 Å². The van der Waals surface area contributed by atoms with Gasteiger partial charge in [-0.25, -0.2) is 4.39 Å². The maximum Gasteiger partial charge on any atom is 0.318 e. The standard InChI is InChI=1S/C33H41ClFN7O/c1-21(2)42-13-6-8-25(42)20-43-33-37-27-19-40(28-9-5-7-23-17-22(3)31(35)30(34)29(23)28)14-11-26(27)32(38-33)41-16-15-39(4)24(18-41)10-12-36/h5,7,9,17,21,24-25H,6,8,10-11,13-16,18-20H2,1-4H3/t24-,25-/m0/s1. The molecule has 2 fully saturated rings. The Bertz CT molecular complexity index is 1540. The average molecular weight is 606 g/mol. The molecule has 0 saturated carbocycles. The van der Waals surface area contributed by atoms with Crippen LogP contribution in [0.3, 0.4) is 0 Å². The van der Waals surface area contributed by atoms with E-state index in [1.54, 1.807) is 6.92 Å². The number of rotatable bonds is 7. The monoisotopic (exact) mass is 605 g/mol. The van der Waals surface area contributed by atoms with E-state index in [4.69, 9.17) is 26.3 Å². The summed E-state index contributed by atoms with van der Waals surface area (Å²) in [4.78, 5) is 19.3. The molecule has 2 atom stereocenters. The molecule has 1 aromatic heterocycles. The zero-order valence-electron chi connectivity index (χ0n) is 25.6. The van der Waals surface area contributed by atoms with Crippen molar-refractivity contribution in [1.82, 2.24) is 19.8 Å². The van der Waals surface area contributed by atoms with Crippen LogP contribution in [0.4, 0.5) is 15.9 Å². The van der Waals surface area contributed by atoms with Gasteiger partial charge >= 0.3 is 6.01 Å². The summed E-state index contributed by atoms with van der Waals surface area (Å²) in [5, 5.41) is 11.3. The number of halogens is 2. The van der Waals surface area contributed by atoms with E-state index in [1.807, 2.05) is 24.3 Å². The lowest BCUT2D eigenvalue weighted by Gasteiger charge is -2.41. The topological polar surface area (TPSA) is 71.8 Å². The minimum absolute atomic E-state index is 0.142. The summed E-state index contributed by atoms with van der Waals surface area (Å²) in [5.74, 6) is 0.545. The van der Waals surface area contributed by atoms with E-state index in [9.17, 15) is 9.65 Å². The molecule has 3 aliphatic rings. The zero-order valence-corrected chi connectivity index (χ0v) is 26.4. The van der Waals surface area contributed by atoms with E-state index in [2.05, 4.69) is 46.6 Å². The molecule has 2 saturated heterocycles. The molecule has 4 heterocycles. The Morgan fingerprint density at radius 1 is 1.14 bits per heavy atom. The second-order valence-electron chi connectivity index (χ2n) is 12.5. The number of hydrogen-bond donors (Lipinski definition) is 0. The predicted molar refractivity (Wildman–Crippen MR) is 170 cm³/mol. The van der Waals surface area contributed by atoms with Gasteiger partial charge in [-0.3, -0.25) is 9.80 Å². The van der Waals surface area contributed by atoms with E-state index in [0.29, 0.717) is 43.2 Å². The molecule has 0 radical (unpaired) electrons. The van der Waals surface area contributed by atoms with Crippen LogP contribution in [0.15, 0.2) is 24.3 Å². The molecule has 0 amide bonds. The number of ether oxygens (including phenoxy) is 1. The van der Waals surface area contributed by atoms with Crippen molar-refractivity contribution in [2.45, 2.75) is 71.1 Å². The first-order valence-electron chi connectivity index (χ1n) is 15.5. The number of piperazine rings is 1. The van der Waals surface area contributed by atoms with Crippen LogP contribution in [0.25, 0.3) is 10.8 Å². The fourth-order valence-corrected chi connectivity index (χ4v) is 7.39. The Hall–Kier alpha value is -3.19. The molecule has 2 aromatic carbocycles. The summed E-state index contributed by atoms with van der Waals surface area (Å²) in [7, 11) is 2.09. The lowest BCUT2D eigenvalue weighted by molar-refractivity contribution is 0.138. The summed E-state index contributed by atoms with van der Waals surface area (Å²) in [5.41, 5.74) is 3.50. The van der Waals surface area contributed by atoms with E-state index in [0.717, 1.165) is 79.1 Å². The van der Waals surface area contributed by atoms with Crippen molar-refractivity contribution in [3.63, 3.8) is 0 Å². The Morgan fingerprint density at radius 3 is 2.77 bits per heavy atom. The predicted octanol–water partition coefficient (Wildman–Crippen LogP) is 5.58. The molecule has 228 valence electrons. The fraction of sp³-hybridized carbons (Fsp3) is 0.545. The number of aromatic nitrogens is 2. The van der Waals surface area contributed by atoms with Gasteiger partial charge in [0.2, 0.25) is 0 Å². The molecule has 3 aromatic rings. The Labute approximate surface area is 259 Å². The Kier molecular flexibility index (Phi) is 8.63. The molecule has 10 heteroatoms. The van der Waals surface area contributed by atoms with Crippen molar-refractivity contribution in [3.8, 4) is 12.1 Å². The number of hydrogen-bond acceptors (Lipinski definition) is 8. The van der Waals surface area contributed by atoms with Crippen molar-refractivity contribution >= 4 is 33.9 Å². The van der Waals surface area contributed by atoms with Gasteiger partial charge in [0.1, 0.15) is 18.2 Å². The van der Waals surface area contributed by atoms with Crippen LogP contribution >= 0.6 is 11.6 Å². The van der Waals surface area contributed by atoms with Crippen molar-refractivity contribution in [1.29, 1.82) is 5.26 Å². The zero-order chi connectivity index (χ0) is 30.2. The highest BCUT2D eigenvalue weighted by Crippen LogP contribution is 2.39. The number of likely N-dealkylation sites (N-methyl/N-ethyl adjacent to an activating group) is 1. The van der Waals surface area contributed by atoms with Gasteiger partial charge in [0.05, 0.1) is 29.8 Å². The molecule has 6 rings (SSSR count). The summed E-state index contributed by atoms with van der Waals surface area (Å²) >= 11 is 6.61. The van der Waals surface area contributed by atoms with Crippen LogP contribution in [0.1, 0.15) is 49.9 Å². The number of fused-ring (bicyclic) bond motifs is 2. The van der Waals surface area contributed by atoms with Crippen LogP contribution in [-0.4, -0.2) is 84.3 Å². The first kappa shape index (κ1) is 29.9. The highest BCUT2D eigenvalue weighted by molar-refractivity contribution is 6.37. The van der Waals surface area contributed by atoms with Gasteiger partial charge in [-0.1, -0.05) is 23.7 Å². The van der Waals surface area contributed by atoms with Gasteiger partial charge in [0, 0.05) is 60.9 Å². The van der Waals surface area contributed by atoms with E-state index < -0.39 is 0 Å². The summed E-state index contributed by atoms with van der Waals surface area (Å²) in [6.45, 7) is 11.6. The maximum absolute atomic E-state index is 14.9. The number of nitrogens with zero attached hydrogens (tertiary/aromatic N) is 7. The van der Waals surface area contributed by atoms with E-state index >= 15 is 0 Å².